The van der Waals surface area contributed by atoms with Gasteiger partial charge in [0.25, 0.3) is 17.7 Å². The second-order valence-electron chi connectivity index (χ2n) is 7.32. The van der Waals surface area contributed by atoms with Gasteiger partial charge in [-0.1, -0.05) is 26.0 Å². The van der Waals surface area contributed by atoms with E-state index in [1.165, 1.54) is 7.05 Å². The third-order valence-electron chi connectivity index (χ3n) is 4.78. The van der Waals surface area contributed by atoms with Crippen LogP contribution in [0.4, 0.5) is 5.69 Å². The van der Waals surface area contributed by atoms with E-state index in [9.17, 15) is 19.2 Å². The predicted molar refractivity (Wildman–Crippen MR) is 109 cm³/mol. The Kier molecular flexibility index (Phi) is 5.77. The first-order valence-corrected chi connectivity index (χ1v) is 9.43. The average molecular weight is 393 g/mol. The average Bonchev–Trinajstić information content (AvgIpc) is 2.96. The number of carbonyl (C=O) groups excluding carboxylic acids is 4. The summed E-state index contributed by atoms with van der Waals surface area (Å²) in [6.45, 7) is 3.85. The summed E-state index contributed by atoms with van der Waals surface area (Å²) in [4.78, 5) is 51.4. The Balaban J connectivity index is 1.84. The molecule has 0 bridgehead atoms. The number of rotatable bonds is 6. The van der Waals surface area contributed by atoms with Crippen LogP contribution < -0.4 is 10.6 Å². The smallest absolute Gasteiger partial charge is 0.262 e. The zero-order chi connectivity index (χ0) is 21.1. The van der Waals surface area contributed by atoms with Crippen molar-refractivity contribution in [2.45, 2.75) is 26.3 Å². The zero-order valence-corrected chi connectivity index (χ0v) is 16.6. The molecule has 2 N–H and O–H groups in total. The topological polar surface area (TPSA) is 95.6 Å². The summed E-state index contributed by atoms with van der Waals surface area (Å²) < 4.78 is 0. The summed E-state index contributed by atoms with van der Waals surface area (Å²) in [5, 5.41) is 5.29. The van der Waals surface area contributed by atoms with Crippen LogP contribution in [0.25, 0.3) is 0 Å². The quantitative estimate of drug-likeness (QED) is 0.738. The summed E-state index contributed by atoms with van der Waals surface area (Å²) in [6.07, 6.45) is 0.341. The fourth-order valence-electron chi connectivity index (χ4n) is 3.34. The zero-order valence-electron chi connectivity index (χ0n) is 16.6. The van der Waals surface area contributed by atoms with Gasteiger partial charge in [-0.25, -0.2) is 0 Å². The SMILES string of the molecule is CNC(=O)c1ccc(NC(=O)[C@H](CC(C)C)N2C(=O)c3ccccc3C2=O)cc1. The lowest BCUT2D eigenvalue weighted by molar-refractivity contribution is -0.120. The van der Waals surface area contributed by atoms with Gasteiger partial charge < -0.3 is 10.6 Å². The molecule has 1 heterocycles. The minimum absolute atomic E-state index is 0.0886. The molecule has 0 radical (unpaired) electrons. The molecular formula is C22H23N3O4. The van der Waals surface area contributed by atoms with Crippen molar-refractivity contribution in [1.29, 1.82) is 0 Å². The Hall–Kier alpha value is -3.48. The highest BCUT2D eigenvalue weighted by atomic mass is 16.2. The summed E-state index contributed by atoms with van der Waals surface area (Å²) >= 11 is 0. The fourth-order valence-corrected chi connectivity index (χ4v) is 3.34. The molecule has 0 unspecified atom stereocenters. The van der Waals surface area contributed by atoms with Crippen LogP contribution in [0.5, 0.6) is 0 Å². The normalized spacial score (nSPS) is 14.0. The van der Waals surface area contributed by atoms with Gasteiger partial charge in [-0.15, -0.1) is 0 Å². The van der Waals surface area contributed by atoms with E-state index < -0.39 is 23.8 Å². The molecule has 0 spiro atoms. The van der Waals surface area contributed by atoms with Gasteiger partial charge in [0.2, 0.25) is 5.91 Å². The number of anilines is 1. The summed E-state index contributed by atoms with van der Waals surface area (Å²) in [7, 11) is 1.54. The first kappa shape index (κ1) is 20.3. The van der Waals surface area contributed by atoms with E-state index >= 15 is 0 Å². The van der Waals surface area contributed by atoms with Gasteiger partial charge in [-0.05, 0) is 48.7 Å². The van der Waals surface area contributed by atoms with E-state index in [1.54, 1.807) is 48.5 Å². The maximum Gasteiger partial charge on any atom is 0.262 e. The van der Waals surface area contributed by atoms with Crippen molar-refractivity contribution in [1.82, 2.24) is 10.2 Å². The molecule has 1 atom stereocenters. The predicted octanol–water partition coefficient (Wildman–Crippen LogP) is 2.70. The number of hydrogen-bond acceptors (Lipinski definition) is 4. The van der Waals surface area contributed by atoms with Crippen molar-refractivity contribution in [3.63, 3.8) is 0 Å². The maximum absolute atomic E-state index is 13.0. The molecule has 0 aromatic heterocycles. The van der Waals surface area contributed by atoms with Crippen molar-refractivity contribution < 1.29 is 19.2 Å². The number of hydrogen-bond donors (Lipinski definition) is 2. The third kappa shape index (κ3) is 4.03. The van der Waals surface area contributed by atoms with Crippen LogP contribution in [0.1, 0.15) is 51.3 Å². The van der Waals surface area contributed by atoms with Crippen LogP contribution >= 0.6 is 0 Å². The van der Waals surface area contributed by atoms with Gasteiger partial charge in [0.1, 0.15) is 6.04 Å². The summed E-state index contributed by atoms with van der Waals surface area (Å²) in [5.74, 6) is -1.50. The second-order valence-corrected chi connectivity index (χ2v) is 7.32. The van der Waals surface area contributed by atoms with E-state index in [-0.39, 0.29) is 11.8 Å². The lowest BCUT2D eigenvalue weighted by Gasteiger charge is -2.26. The molecule has 0 saturated carbocycles. The van der Waals surface area contributed by atoms with E-state index in [0.29, 0.717) is 28.8 Å². The standard InChI is InChI=1S/C22H23N3O4/c1-13(2)12-18(25-21(28)16-6-4-5-7-17(16)22(25)29)20(27)24-15-10-8-14(9-11-15)19(26)23-3/h4-11,13,18H,12H2,1-3H3,(H,23,26)(H,24,27)/t18-/m0/s1. The number of amides is 4. The molecule has 1 aliphatic rings. The van der Waals surface area contributed by atoms with Gasteiger partial charge in [-0.3, -0.25) is 24.1 Å². The largest absolute Gasteiger partial charge is 0.355 e. The first-order chi connectivity index (χ1) is 13.8. The van der Waals surface area contributed by atoms with Gasteiger partial charge in [0.05, 0.1) is 11.1 Å². The van der Waals surface area contributed by atoms with Crippen LogP contribution in [0, 0.1) is 5.92 Å². The van der Waals surface area contributed by atoms with E-state index in [4.69, 9.17) is 0 Å². The minimum atomic E-state index is -0.930. The lowest BCUT2D eigenvalue weighted by Crippen LogP contribution is -2.47. The third-order valence-corrected chi connectivity index (χ3v) is 4.78. The van der Waals surface area contributed by atoms with E-state index in [2.05, 4.69) is 10.6 Å². The molecule has 0 fully saturated rings. The molecule has 2 aromatic carbocycles. The Labute approximate surface area is 169 Å². The number of nitrogens with zero attached hydrogens (tertiary/aromatic N) is 1. The minimum Gasteiger partial charge on any atom is -0.355 e. The van der Waals surface area contributed by atoms with Crippen molar-refractivity contribution >= 4 is 29.3 Å². The van der Waals surface area contributed by atoms with Crippen molar-refractivity contribution in [3.8, 4) is 0 Å². The highest BCUT2D eigenvalue weighted by Gasteiger charge is 2.42. The molecule has 7 nitrogen and oxygen atoms in total. The number of fused-ring (bicyclic) bond motifs is 1. The van der Waals surface area contributed by atoms with Crippen molar-refractivity contribution in [2.24, 2.45) is 5.92 Å². The molecule has 1 aliphatic heterocycles. The molecule has 150 valence electrons. The monoisotopic (exact) mass is 393 g/mol. The second kappa shape index (κ2) is 8.26. The van der Waals surface area contributed by atoms with E-state index in [0.717, 1.165) is 4.90 Å². The van der Waals surface area contributed by atoms with E-state index in [1.807, 2.05) is 13.8 Å². The number of nitrogens with one attached hydrogen (secondary N) is 2. The van der Waals surface area contributed by atoms with Gasteiger partial charge in [-0.2, -0.15) is 0 Å². The Bertz CT molecular complexity index is 931. The van der Waals surface area contributed by atoms with Crippen LogP contribution in [-0.2, 0) is 4.79 Å². The number of benzene rings is 2. The molecule has 7 heteroatoms. The summed E-state index contributed by atoms with van der Waals surface area (Å²) in [6, 6.07) is 12.0. The van der Waals surface area contributed by atoms with Crippen LogP contribution in [0.3, 0.4) is 0 Å². The van der Waals surface area contributed by atoms with Gasteiger partial charge in [0, 0.05) is 18.3 Å². The molecule has 0 saturated heterocycles. The van der Waals surface area contributed by atoms with Crippen LogP contribution in [0.15, 0.2) is 48.5 Å². The molecule has 4 amide bonds. The fraction of sp³-hybridized carbons (Fsp3) is 0.273. The van der Waals surface area contributed by atoms with Gasteiger partial charge in [0.15, 0.2) is 0 Å². The van der Waals surface area contributed by atoms with Crippen molar-refractivity contribution in [3.05, 3.63) is 65.2 Å². The Morgan fingerprint density at radius 2 is 1.48 bits per heavy atom. The molecule has 29 heavy (non-hydrogen) atoms. The van der Waals surface area contributed by atoms with Gasteiger partial charge >= 0.3 is 0 Å². The molecule has 3 rings (SSSR count). The number of carbonyl (C=O) groups is 4. The first-order valence-electron chi connectivity index (χ1n) is 9.43. The lowest BCUT2D eigenvalue weighted by atomic mass is 10.0. The Morgan fingerprint density at radius 3 is 1.97 bits per heavy atom. The molecular weight excluding hydrogens is 370 g/mol. The number of imide groups is 1. The molecule has 0 aliphatic carbocycles. The van der Waals surface area contributed by atoms with Crippen molar-refractivity contribution in [2.75, 3.05) is 12.4 Å². The highest BCUT2D eigenvalue weighted by molar-refractivity contribution is 6.23. The van der Waals surface area contributed by atoms with Crippen LogP contribution in [0.2, 0.25) is 0 Å². The maximum atomic E-state index is 13.0. The highest BCUT2D eigenvalue weighted by Crippen LogP contribution is 2.27. The Morgan fingerprint density at radius 1 is 0.931 bits per heavy atom. The summed E-state index contributed by atoms with van der Waals surface area (Å²) in [5.41, 5.74) is 1.57. The van der Waals surface area contributed by atoms with Crippen LogP contribution in [-0.4, -0.2) is 41.6 Å². The molecule has 2 aromatic rings.